The lowest BCUT2D eigenvalue weighted by molar-refractivity contribution is -0.118. The summed E-state index contributed by atoms with van der Waals surface area (Å²) in [7, 11) is 2.90. The van der Waals surface area contributed by atoms with Crippen LogP contribution in [0.4, 0.5) is 19.4 Å². The Morgan fingerprint density at radius 2 is 1.95 bits per heavy atom. The highest BCUT2D eigenvalue weighted by Gasteiger charge is 2.40. The summed E-state index contributed by atoms with van der Waals surface area (Å²) in [6.07, 6.45) is 3.93. The standard InChI is InChI=1S/C25H24ClF2N7O4/c1-34-18(8-10-31-34)22(36)33-21(15-3-5-17(26)6-4-15)23(37)32-20-11-16(7-9-29-20)19(12-39-2)35-14-25(27,28)13-30-24(35)38/h3-12,21H,13-14H2,1-2H3,(H,30,38)(H,33,36)(H,29,32,37)/b19-12-/t21-/m0/s1. The summed E-state index contributed by atoms with van der Waals surface area (Å²) in [6.45, 7) is -1.65. The van der Waals surface area contributed by atoms with Crippen molar-refractivity contribution >= 4 is 41.0 Å². The molecule has 0 bridgehead atoms. The molecule has 0 radical (unpaired) electrons. The molecule has 4 rings (SSSR count). The van der Waals surface area contributed by atoms with Crippen LogP contribution in [0.2, 0.25) is 5.02 Å². The lowest BCUT2D eigenvalue weighted by atomic mass is 10.1. The molecule has 11 nitrogen and oxygen atoms in total. The van der Waals surface area contributed by atoms with Crippen molar-refractivity contribution in [2.75, 3.05) is 25.5 Å². The first kappa shape index (κ1) is 27.5. The normalized spacial score (nSPS) is 15.8. The minimum atomic E-state index is -3.16. The molecule has 1 saturated heterocycles. The maximum Gasteiger partial charge on any atom is 0.322 e. The lowest BCUT2D eigenvalue weighted by Gasteiger charge is -2.34. The van der Waals surface area contributed by atoms with Crippen LogP contribution < -0.4 is 16.0 Å². The molecule has 0 aliphatic carbocycles. The number of aromatic nitrogens is 3. The Kier molecular flexibility index (Phi) is 8.10. The number of amides is 4. The second kappa shape index (κ2) is 11.5. The molecule has 1 aliphatic heterocycles. The van der Waals surface area contributed by atoms with E-state index in [2.05, 4.69) is 26.0 Å². The Balaban J connectivity index is 1.61. The number of ether oxygens (including phenoxy) is 1. The van der Waals surface area contributed by atoms with Crippen LogP contribution in [0, 0.1) is 0 Å². The average molecular weight is 560 g/mol. The summed E-state index contributed by atoms with van der Waals surface area (Å²) in [4.78, 5) is 43.6. The van der Waals surface area contributed by atoms with Crippen LogP contribution in [0.3, 0.4) is 0 Å². The van der Waals surface area contributed by atoms with Crippen molar-refractivity contribution in [1.82, 2.24) is 30.3 Å². The van der Waals surface area contributed by atoms with Gasteiger partial charge in [0.05, 0.1) is 25.9 Å². The highest BCUT2D eigenvalue weighted by atomic mass is 35.5. The number of nitrogens with zero attached hydrogens (tertiary/aromatic N) is 4. The van der Waals surface area contributed by atoms with Gasteiger partial charge in [-0.3, -0.25) is 19.2 Å². The number of anilines is 1. The molecule has 1 aliphatic rings. The molecule has 3 heterocycles. The van der Waals surface area contributed by atoms with Gasteiger partial charge in [0, 0.05) is 30.0 Å². The SMILES string of the molecule is CO/C=C(/c1ccnc(NC(=O)[C@@H](NC(=O)c2ccnn2C)c2ccc(Cl)cc2)c1)N1CC(F)(F)CNC1=O. The Hall–Kier alpha value is -4.52. The van der Waals surface area contributed by atoms with Gasteiger partial charge in [-0.1, -0.05) is 23.7 Å². The van der Waals surface area contributed by atoms with Crippen LogP contribution in [0.1, 0.15) is 27.7 Å². The number of pyridine rings is 1. The molecule has 204 valence electrons. The summed E-state index contributed by atoms with van der Waals surface area (Å²) in [5, 5.41) is 11.9. The van der Waals surface area contributed by atoms with Gasteiger partial charge in [0.25, 0.3) is 17.7 Å². The Morgan fingerprint density at radius 3 is 2.62 bits per heavy atom. The van der Waals surface area contributed by atoms with E-state index in [4.69, 9.17) is 16.3 Å². The molecular weight excluding hydrogens is 536 g/mol. The zero-order valence-corrected chi connectivity index (χ0v) is 21.6. The molecule has 4 amide bonds. The summed E-state index contributed by atoms with van der Waals surface area (Å²) < 4.78 is 34.5. The molecule has 39 heavy (non-hydrogen) atoms. The predicted molar refractivity (Wildman–Crippen MR) is 138 cm³/mol. The number of hydrogen-bond acceptors (Lipinski definition) is 6. The zero-order chi connectivity index (χ0) is 28.2. The van der Waals surface area contributed by atoms with E-state index in [0.717, 1.165) is 11.2 Å². The number of halogens is 3. The van der Waals surface area contributed by atoms with Crippen molar-refractivity contribution < 1.29 is 27.9 Å². The van der Waals surface area contributed by atoms with Crippen LogP contribution in [0.25, 0.3) is 5.70 Å². The van der Waals surface area contributed by atoms with Gasteiger partial charge in [0.2, 0.25) is 0 Å². The summed E-state index contributed by atoms with van der Waals surface area (Å²) in [5.74, 6) is -4.31. The monoisotopic (exact) mass is 559 g/mol. The van der Waals surface area contributed by atoms with Gasteiger partial charge in [-0.2, -0.15) is 5.10 Å². The van der Waals surface area contributed by atoms with Crippen LogP contribution in [0.15, 0.2) is 61.1 Å². The Morgan fingerprint density at radius 1 is 1.21 bits per heavy atom. The molecule has 0 saturated carbocycles. The number of benzene rings is 1. The highest BCUT2D eigenvalue weighted by Crippen LogP contribution is 2.28. The Bertz CT molecular complexity index is 1410. The van der Waals surface area contributed by atoms with E-state index in [1.54, 1.807) is 31.3 Å². The molecular formula is C25H24ClF2N7O4. The first-order valence-electron chi connectivity index (χ1n) is 11.6. The smallest absolute Gasteiger partial charge is 0.322 e. The maximum absolute atomic E-state index is 14.1. The number of hydrogen-bond donors (Lipinski definition) is 3. The third-order valence-electron chi connectivity index (χ3n) is 5.75. The predicted octanol–water partition coefficient (Wildman–Crippen LogP) is 3.18. The number of carbonyl (C=O) groups is 3. The van der Waals surface area contributed by atoms with Gasteiger partial charge in [-0.25, -0.2) is 18.6 Å². The van der Waals surface area contributed by atoms with Gasteiger partial charge in [-0.15, -0.1) is 0 Å². The first-order valence-corrected chi connectivity index (χ1v) is 11.9. The third kappa shape index (κ3) is 6.49. The molecule has 1 atom stereocenters. The largest absolute Gasteiger partial charge is 0.502 e. The number of alkyl halides is 2. The molecule has 3 N–H and O–H groups in total. The molecule has 2 aromatic heterocycles. The second-order valence-electron chi connectivity index (χ2n) is 8.56. The van der Waals surface area contributed by atoms with Crippen molar-refractivity contribution in [2.24, 2.45) is 7.05 Å². The fraction of sp³-hybridized carbons (Fsp3) is 0.240. The van der Waals surface area contributed by atoms with Gasteiger partial charge < -0.3 is 20.7 Å². The molecule has 0 spiro atoms. The van der Waals surface area contributed by atoms with E-state index in [9.17, 15) is 23.2 Å². The van der Waals surface area contributed by atoms with E-state index in [0.29, 0.717) is 10.6 Å². The second-order valence-corrected chi connectivity index (χ2v) is 8.99. The summed E-state index contributed by atoms with van der Waals surface area (Å²) in [6, 6.07) is 8.82. The quantitative estimate of drug-likeness (QED) is 0.363. The minimum Gasteiger partial charge on any atom is -0.502 e. The van der Waals surface area contributed by atoms with Crippen molar-refractivity contribution in [1.29, 1.82) is 0 Å². The van der Waals surface area contributed by atoms with Crippen LogP contribution in [-0.4, -0.2) is 63.6 Å². The number of carbonyl (C=O) groups excluding carboxylic acids is 3. The average Bonchev–Trinajstić information content (AvgIpc) is 3.34. The van der Waals surface area contributed by atoms with E-state index in [1.807, 2.05) is 0 Å². The third-order valence-corrected chi connectivity index (χ3v) is 6.01. The van der Waals surface area contributed by atoms with E-state index >= 15 is 0 Å². The van der Waals surface area contributed by atoms with Gasteiger partial charge >= 0.3 is 6.03 Å². The van der Waals surface area contributed by atoms with E-state index < -0.39 is 42.9 Å². The van der Waals surface area contributed by atoms with Crippen molar-refractivity contribution in [3.8, 4) is 0 Å². The number of urea groups is 1. The molecule has 1 aromatic carbocycles. The highest BCUT2D eigenvalue weighted by molar-refractivity contribution is 6.30. The molecule has 14 heteroatoms. The number of aryl methyl sites for hydroxylation is 1. The molecule has 3 aromatic rings. The number of methoxy groups -OCH3 is 1. The maximum atomic E-state index is 14.1. The molecule has 0 unspecified atom stereocenters. The van der Waals surface area contributed by atoms with Crippen LogP contribution in [0.5, 0.6) is 0 Å². The summed E-state index contributed by atoms with van der Waals surface area (Å²) in [5.41, 5.74) is 0.978. The van der Waals surface area contributed by atoms with Gasteiger partial charge in [0.15, 0.2) is 0 Å². The van der Waals surface area contributed by atoms with Gasteiger partial charge in [0.1, 0.15) is 23.8 Å². The minimum absolute atomic E-state index is 0.0334. The fourth-order valence-electron chi connectivity index (χ4n) is 3.87. The van der Waals surface area contributed by atoms with E-state index in [-0.39, 0.29) is 22.8 Å². The topological polar surface area (TPSA) is 130 Å². The number of rotatable bonds is 8. The lowest BCUT2D eigenvalue weighted by Crippen LogP contribution is -2.56. The zero-order valence-electron chi connectivity index (χ0n) is 20.8. The fourth-order valence-corrected chi connectivity index (χ4v) is 3.99. The van der Waals surface area contributed by atoms with Crippen molar-refractivity contribution in [2.45, 2.75) is 12.0 Å². The van der Waals surface area contributed by atoms with E-state index in [1.165, 1.54) is 42.4 Å². The van der Waals surface area contributed by atoms with Crippen LogP contribution >= 0.6 is 11.6 Å². The summed E-state index contributed by atoms with van der Waals surface area (Å²) >= 11 is 5.99. The molecule has 1 fully saturated rings. The van der Waals surface area contributed by atoms with Crippen molar-refractivity contribution in [3.05, 3.63) is 83.0 Å². The number of nitrogens with one attached hydrogen (secondary N) is 3. The Labute approximate surface area is 226 Å². The van der Waals surface area contributed by atoms with Crippen LogP contribution in [-0.2, 0) is 16.6 Å². The van der Waals surface area contributed by atoms with Crippen molar-refractivity contribution in [3.63, 3.8) is 0 Å². The first-order chi connectivity index (χ1) is 18.6. The van der Waals surface area contributed by atoms with Gasteiger partial charge in [-0.05, 0) is 35.9 Å².